The third-order valence-electron chi connectivity index (χ3n) is 8.04. The number of aromatic nitrogens is 3. The van der Waals surface area contributed by atoms with Gasteiger partial charge in [0.1, 0.15) is 5.82 Å². The molecule has 3 aromatic rings. The van der Waals surface area contributed by atoms with E-state index in [1.54, 1.807) is 18.3 Å². The van der Waals surface area contributed by atoms with Crippen molar-refractivity contribution in [2.45, 2.75) is 44.9 Å². The van der Waals surface area contributed by atoms with Gasteiger partial charge in [-0.3, -0.25) is 14.0 Å². The summed E-state index contributed by atoms with van der Waals surface area (Å²) in [6, 6.07) is 9.56. The minimum absolute atomic E-state index is 0.0380. The maximum absolute atomic E-state index is 13.2. The Labute approximate surface area is 240 Å². The van der Waals surface area contributed by atoms with Crippen molar-refractivity contribution < 1.29 is 9.59 Å². The standard InChI is InChI=1S/C33H36N6O2/c1-3-7-29(40)38-19-17-26(21-38)30-28-16-18-35-33(34-2)39(28)31(37-30)23-12-14-24(15-13-23)32(41)36-27-9-6-4-5-8-25(20-27)22-10-11-22/h3,5,7-9,12-16,18,20,22,26H,4,6,10-11,17,19,21H2,1-2H3,(H,34,35)(H,36,41)/b7-3?,8-5+,25-20+,27-9-. The molecule has 2 aromatic heterocycles. The zero-order valence-electron chi connectivity index (χ0n) is 23.6. The van der Waals surface area contributed by atoms with E-state index < -0.39 is 0 Å². The van der Waals surface area contributed by atoms with Gasteiger partial charge in [-0.05, 0) is 80.9 Å². The van der Waals surface area contributed by atoms with Gasteiger partial charge in [0, 0.05) is 49.1 Å². The van der Waals surface area contributed by atoms with Gasteiger partial charge in [-0.15, -0.1) is 0 Å². The molecule has 0 spiro atoms. The lowest BCUT2D eigenvalue weighted by atomic mass is 10.0. The summed E-state index contributed by atoms with van der Waals surface area (Å²) >= 11 is 0. The highest BCUT2D eigenvalue weighted by molar-refractivity contribution is 5.96. The van der Waals surface area contributed by atoms with Gasteiger partial charge < -0.3 is 15.5 Å². The summed E-state index contributed by atoms with van der Waals surface area (Å²) in [5.74, 6) is 2.10. The third kappa shape index (κ3) is 5.59. The molecule has 2 fully saturated rings. The van der Waals surface area contributed by atoms with Crippen LogP contribution in [-0.4, -0.2) is 51.2 Å². The molecular formula is C33H36N6O2. The maximum atomic E-state index is 13.2. The van der Waals surface area contributed by atoms with E-state index in [9.17, 15) is 9.59 Å². The van der Waals surface area contributed by atoms with E-state index in [1.807, 2.05) is 53.6 Å². The first-order valence-corrected chi connectivity index (χ1v) is 14.5. The maximum Gasteiger partial charge on any atom is 0.255 e. The van der Waals surface area contributed by atoms with Crippen molar-refractivity contribution in [3.8, 4) is 11.4 Å². The first-order chi connectivity index (χ1) is 20.1. The predicted molar refractivity (Wildman–Crippen MR) is 161 cm³/mol. The Bertz CT molecular complexity index is 1590. The Morgan fingerprint density at radius 1 is 1.05 bits per heavy atom. The lowest BCUT2D eigenvalue weighted by molar-refractivity contribution is -0.125. The molecule has 0 radical (unpaired) electrons. The molecule has 3 heterocycles. The summed E-state index contributed by atoms with van der Waals surface area (Å²) < 4.78 is 2.03. The first kappa shape index (κ1) is 26.7. The van der Waals surface area contributed by atoms with Crippen LogP contribution in [0, 0.1) is 5.92 Å². The summed E-state index contributed by atoms with van der Waals surface area (Å²) in [6.07, 6.45) is 19.0. The highest BCUT2D eigenvalue weighted by Gasteiger charge is 2.31. The van der Waals surface area contributed by atoms with Crippen molar-refractivity contribution in [1.29, 1.82) is 0 Å². The van der Waals surface area contributed by atoms with Crippen LogP contribution in [0.1, 0.15) is 61.0 Å². The third-order valence-corrected chi connectivity index (χ3v) is 8.04. The van der Waals surface area contributed by atoms with E-state index in [-0.39, 0.29) is 17.7 Å². The molecular weight excluding hydrogens is 512 g/mol. The molecule has 8 heteroatoms. The normalized spacial score (nSPS) is 22.5. The van der Waals surface area contributed by atoms with Crippen LogP contribution in [0.25, 0.3) is 16.9 Å². The van der Waals surface area contributed by atoms with Crippen molar-refractivity contribution in [3.05, 3.63) is 95.5 Å². The van der Waals surface area contributed by atoms with Gasteiger partial charge in [-0.2, -0.15) is 0 Å². The Kier molecular flexibility index (Phi) is 7.55. The highest BCUT2D eigenvalue weighted by atomic mass is 16.2. The molecule has 0 bridgehead atoms. The van der Waals surface area contributed by atoms with Crippen molar-refractivity contribution >= 4 is 23.3 Å². The number of anilines is 1. The minimum Gasteiger partial charge on any atom is -0.358 e. The van der Waals surface area contributed by atoms with Crippen LogP contribution in [-0.2, 0) is 4.79 Å². The number of benzene rings is 1. The number of hydrogen-bond acceptors (Lipinski definition) is 5. The number of carbonyl (C=O) groups is 2. The van der Waals surface area contributed by atoms with Crippen LogP contribution in [0.3, 0.4) is 0 Å². The van der Waals surface area contributed by atoms with Gasteiger partial charge in [0.25, 0.3) is 5.91 Å². The fourth-order valence-corrected chi connectivity index (χ4v) is 5.74. The molecule has 41 heavy (non-hydrogen) atoms. The van der Waals surface area contributed by atoms with Crippen LogP contribution in [0.15, 0.2) is 84.3 Å². The van der Waals surface area contributed by atoms with Gasteiger partial charge in [0.05, 0.1) is 11.2 Å². The van der Waals surface area contributed by atoms with Crippen LogP contribution in [0.2, 0.25) is 0 Å². The second-order valence-electron chi connectivity index (χ2n) is 10.9. The Morgan fingerprint density at radius 3 is 2.63 bits per heavy atom. The van der Waals surface area contributed by atoms with Crippen molar-refractivity contribution in [3.63, 3.8) is 0 Å². The molecule has 3 aliphatic rings. The molecule has 1 aliphatic heterocycles. The van der Waals surface area contributed by atoms with E-state index in [1.165, 1.54) is 18.4 Å². The number of rotatable bonds is 7. The quantitative estimate of drug-likeness (QED) is 0.374. The number of likely N-dealkylation sites (tertiary alicyclic amines) is 1. The molecule has 210 valence electrons. The number of carbonyl (C=O) groups excluding carboxylic acids is 2. The number of allylic oxidation sites excluding steroid dienone is 6. The number of hydrogen-bond donors (Lipinski definition) is 2. The average molecular weight is 549 g/mol. The topological polar surface area (TPSA) is 91.6 Å². The summed E-state index contributed by atoms with van der Waals surface area (Å²) in [4.78, 5) is 37.2. The molecule has 2 aliphatic carbocycles. The summed E-state index contributed by atoms with van der Waals surface area (Å²) in [7, 11) is 1.84. The summed E-state index contributed by atoms with van der Waals surface area (Å²) in [5.41, 5.74) is 5.58. The largest absolute Gasteiger partial charge is 0.358 e. The predicted octanol–water partition coefficient (Wildman–Crippen LogP) is 5.63. The van der Waals surface area contributed by atoms with Gasteiger partial charge >= 0.3 is 0 Å². The van der Waals surface area contributed by atoms with Crippen LogP contribution >= 0.6 is 0 Å². The average Bonchev–Trinajstić information content (AvgIpc) is 3.57. The molecule has 1 saturated heterocycles. The molecule has 1 unspecified atom stereocenters. The van der Waals surface area contributed by atoms with Gasteiger partial charge in [-0.1, -0.05) is 36.4 Å². The molecule has 1 atom stereocenters. The van der Waals surface area contributed by atoms with Crippen LogP contribution in [0.5, 0.6) is 0 Å². The fraction of sp³-hybridized carbons (Fsp3) is 0.333. The zero-order valence-corrected chi connectivity index (χ0v) is 23.6. The van der Waals surface area contributed by atoms with Crippen molar-refractivity contribution in [2.75, 3.05) is 25.5 Å². The Morgan fingerprint density at radius 2 is 1.88 bits per heavy atom. The van der Waals surface area contributed by atoms with Crippen molar-refractivity contribution in [2.24, 2.45) is 5.92 Å². The second kappa shape index (κ2) is 11.6. The second-order valence-corrected chi connectivity index (χ2v) is 10.9. The monoisotopic (exact) mass is 548 g/mol. The number of nitrogens with one attached hydrogen (secondary N) is 2. The summed E-state index contributed by atoms with van der Waals surface area (Å²) in [6.45, 7) is 3.20. The zero-order chi connectivity index (χ0) is 28.3. The van der Waals surface area contributed by atoms with Crippen LogP contribution in [0.4, 0.5) is 5.95 Å². The van der Waals surface area contributed by atoms with E-state index in [0.29, 0.717) is 30.5 Å². The SMILES string of the molecule is CC=CC(=O)N1CCC(c2nc(-c3ccc(C(=O)NC4=C\CC/C=C/C(C5CC5)=C\4)cc3)n3c(NC)nccc23)C1. The molecule has 8 nitrogen and oxygen atoms in total. The van der Waals surface area contributed by atoms with E-state index in [4.69, 9.17) is 4.98 Å². The van der Waals surface area contributed by atoms with Gasteiger partial charge in [0.15, 0.2) is 0 Å². The molecule has 2 amide bonds. The lowest BCUT2D eigenvalue weighted by Crippen LogP contribution is -2.26. The molecule has 6 rings (SSSR count). The number of imidazole rings is 1. The van der Waals surface area contributed by atoms with E-state index in [0.717, 1.165) is 47.6 Å². The minimum atomic E-state index is -0.123. The molecule has 2 N–H and O–H groups in total. The van der Waals surface area contributed by atoms with E-state index in [2.05, 4.69) is 39.9 Å². The molecule has 1 saturated carbocycles. The van der Waals surface area contributed by atoms with Gasteiger partial charge in [-0.25, -0.2) is 9.97 Å². The Balaban J connectivity index is 1.27. The lowest BCUT2D eigenvalue weighted by Gasteiger charge is -2.13. The van der Waals surface area contributed by atoms with Crippen molar-refractivity contribution in [1.82, 2.24) is 24.6 Å². The summed E-state index contributed by atoms with van der Waals surface area (Å²) in [5, 5.41) is 6.31. The number of amides is 2. The fourth-order valence-electron chi connectivity index (χ4n) is 5.74. The van der Waals surface area contributed by atoms with Crippen LogP contribution < -0.4 is 10.6 Å². The molecule has 1 aromatic carbocycles. The highest BCUT2D eigenvalue weighted by Crippen LogP contribution is 2.38. The van der Waals surface area contributed by atoms with E-state index >= 15 is 0 Å². The smallest absolute Gasteiger partial charge is 0.255 e. The number of nitrogens with zero attached hydrogens (tertiary/aromatic N) is 4. The first-order valence-electron chi connectivity index (χ1n) is 14.5. The van der Waals surface area contributed by atoms with Gasteiger partial charge in [0.2, 0.25) is 11.9 Å². The number of fused-ring (bicyclic) bond motifs is 1. The Hall–Kier alpha value is -4.46.